The van der Waals surface area contributed by atoms with Gasteiger partial charge in [0.1, 0.15) is 17.1 Å². The molecule has 0 unspecified atom stereocenters. The molecule has 2 aromatic heterocycles. The molecule has 35 heavy (non-hydrogen) atoms. The zero-order chi connectivity index (χ0) is 24.9. The largest absolute Gasteiger partial charge is 0.497 e. The molecule has 2 aliphatic carbocycles. The summed E-state index contributed by atoms with van der Waals surface area (Å²) in [6, 6.07) is 6.94. The molecule has 2 atom stereocenters. The van der Waals surface area contributed by atoms with Gasteiger partial charge in [0.05, 0.1) is 25.5 Å². The fourth-order valence-corrected chi connectivity index (χ4v) is 5.60. The van der Waals surface area contributed by atoms with Crippen LogP contribution in [0.1, 0.15) is 49.0 Å². The van der Waals surface area contributed by atoms with Crippen LogP contribution >= 0.6 is 0 Å². The van der Waals surface area contributed by atoms with Crippen LogP contribution in [0.5, 0.6) is 5.75 Å². The summed E-state index contributed by atoms with van der Waals surface area (Å²) in [4.78, 5) is 45.5. The first-order chi connectivity index (χ1) is 16.6. The maximum absolute atomic E-state index is 13.8. The number of esters is 1. The highest BCUT2D eigenvalue weighted by molar-refractivity contribution is 6.12. The van der Waals surface area contributed by atoms with E-state index in [4.69, 9.17) is 4.74 Å². The number of rotatable bonds is 3. The number of nitrogens with one attached hydrogen (secondary N) is 2. The number of fused-ring (bicyclic) bond motifs is 2. The SMILES string of the molecule is COC(=O)c1c(C(F)(F)F)[nH]c2c1[C@]13C[C@@H]1CN(C(=O)c1cc4cc(OC)ccc4[nH]1)C3=CC2=O. The lowest BCUT2D eigenvalue weighted by Gasteiger charge is -2.28. The quantitative estimate of drug-likeness (QED) is 0.549. The number of allylic oxidation sites excluding steroid dienone is 2. The first kappa shape index (κ1) is 21.5. The number of hydrogen-bond donors (Lipinski definition) is 2. The van der Waals surface area contributed by atoms with Crippen molar-refractivity contribution < 1.29 is 37.0 Å². The fourth-order valence-electron chi connectivity index (χ4n) is 5.60. The molecule has 1 spiro atoms. The number of alkyl halides is 3. The van der Waals surface area contributed by atoms with E-state index in [0.717, 1.165) is 12.5 Å². The number of hydrogen-bond acceptors (Lipinski definition) is 5. The lowest BCUT2D eigenvalue weighted by atomic mass is 9.82. The van der Waals surface area contributed by atoms with E-state index in [0.29, 0.717) is 23.4 Å². The molecule has 0 radical (unpaired) electrons. The Hall–Kier alpha value is -4.02. The van der Waals surface area contributed by atoms with Gasteiger partial charge < -0.3 is 24.3 Å². The first-order valence-corrected chi connectivity index (χ1v) is 10.8. The number of ether oxygens (including phenoxy) is 2. The fraction of sp³-hybridized carbons (Fsp3) is 0.292. The number of likely N-dealkylation sites (tertiary alicyclic amines) is 1. The van der Waals surface area contributed by atoms with Crippen LogP contribution in [0, 0.1) is 5.92 Å². The number of carbonyl (C=O) groups is 3. The van der Waals surface area contributed by atoms with Gasteiger partial charge in [-0.25, -0.2) is 4.79 Å². The molecule has 2 N–H and O–H groups in total. The zero-order valence-electron chi connectivity index (χ0n) is 18.5. The van der Waals surface area contributed by atoms with Gasteiger partial charge in [0.25, 0.3) is 5.91 Å². The number of methoxy groups -OCH3 is 2. The van der Waals surface area contributed by atoms with Crippen molar-refractivity contribution in [2.75, 3.05) is 20.8 Å². The molecule has 1 aliphatic heterocycles. The average Bonchev–Trinajstić information content (AvgIpc) is 3.16. The number of halogens is 3. The molecule has 6 rings (SSSR count). The molecule has 1 saturated carbocycles. The van der Waals surface area contributed by atoms with Crippen molar-refractivity contribution in [1.82, 2.24) is 14.9 Å². The minimum atomic E-state index is -4.90. The topological polar surface area (TPSA) is 104 Å². The molecule has 1 saturated heterocycles. The van der Waals surface area contributed by atoms with E-state index in [2.05, 4.69) is 14.7 Å². The molecule has 11 heteroatoms. The normalized spacial score (nSPS) is 22.4. The van der Waals surface area contributed by atoms with Crippen LogP contribution in [-0.4, -0.2) is 53.3 Å². The minimum Gasteiger partial charge on any atom is -0.497 e. The molecule has 180 valence electrons. The zero-order valence-corrected chi connectivity index (χ0v) is 18.5. The molecular formula is C24H18F3N3O5. The van der Waals surface area contributed by atoms with Crippen molar-refractivity contribution in [3.8, 4) is 5.75 Å². The number of nitrogens with zero attached hydrogens (tertiary/aromatic N) is 1. The summed E-state index contributed by atoms with van der Waals surface area (Å²) in [7, 11) is 2.52. The Morgan fingerprint density at radius 3 is 2.63 bits per heavy atom. The Morgan fingerprint density at radius 1 is 1.17 bits per heavy atom. The lowest BCUT2D eigenvalue weighted by molar-refractivity contribution is -0.141. The number of benzene rings is 1. The Labute approximate surface area is 195 Å². The van der Waals surface area contributed by atoms with Gasteiger partial charge in [0.15, 0.2) is 0 Å². The highest BCUT2D eigenvalue weighted by Crippen LogP contribution is 2.68. The van der Waals surface area contributed by atoms with Crippen LogP contribution in [0.2, 0.25) is 0 Å². The van der Waals surface area contributed by atoms with Gasteiger partial charge in [-0.2, -0.15) is 13.2 Å². The molecular weight excluding hydrogens is 467 g/mol. The highest BCUT2D eigenvalue weighted by atomic mass is 19.4. The summed E-state index contributed by atoms with van der Waals surface area (Å²) >= 11 is 0. The Balaban J connectivity index is 1.45. The number of aromatic amines is 2. The Morgan fingerprint density at radius 2 is 1.94 bits per heavy atom. The summed E-state index contributed by atoms with van der Waals surface area (Å²) in [5, 5.41) is 0.746. The lowest BCUT2D eigenvalue weighted by Crippen LogP contribution is -2.34. The molecule has 1 aromatic carbocycles. The molecule has 1 amide bonds. The van der Waals surface area contributed by atoms with E-state index in [1.807, 2.05) is 0 Å². The number of amides is 1. The van der Waals surface area contributed by atoms with E-state index in [9.17, 15) is 27.6 Å². The van der Waals surface area contributed by atoms with Gasteiger partial charge in [0.2, 0.25) is 5.78 Å². The van der Waals surface area contributed by atoms with E-state index < -0.39 is 40.5 Å². The first-order valence-electron chi connectivity index (χ1n) is 10.8. The second kappa shape index (κ2) is 6.77. The van der Waals surface area contributed by atoms with E-state index >= 15 is 0 Å². The van der Waals surface area contributed by atoms with Crippen LogP contribution in [-0.2, 0) is 16.3 Å². The van der Waals surface area contributed by atoms with Crippen molar-refractivity contribution in [3.05, 3.63) is 64.2 Å². The van der Waals surface area contributed by atoms with Crippen molar-refractivity contribution in [1.29, 1.82) is 0 Å². The summed E-state index contributed by atoms with van der Waals surface area (Å²) in [5.74, 6) is -1.94. The maximum atomic E-state index is 13.8. The Kier molecular flexibility index (Phi) is 4.16. The predicted octanol–water partition coefficient (Wildman–Crippen LogP) is 3.80. The van der Waals surface area contributed by atoms with E-state index in [1.54, 1.807) is 24.3 Å². The number of H-pyrrole nitrogens is 2. The standard InChI is InChI=1S/C24H18F3N3O5/c1-34-12-3-4-13-10(5-12)6-14(28-13)21(32)30-9-11-8-23(11)16(30)7-15(31)19-18(23)17(22(33)35-2)20(29-19)24(25,26)27/h3-7,11,28-29H,8-9H2,1-2H3/t11-,23-/m1/s1. The van der Waals surface area contributed by atoms with Gasteiger partial charge in [-0.1, -0.05) is 0 Å². The average molecular weight is 485 g/mol. The maximum Gasteiger partial charge on any atom is 0.432 e. The molecule has 0 bridgehead atoms. The predicted molar refractivity (Wildman–Crippen MR) is 115 cm³/mol. The summed E-state index contributed by atoms with van der Waals surface area (Å²) in [6.45, 7) is 0.212. The van der Waals surface area contributed by atoms with Crippen molar-refractivity contribution in [3.63, 3.8) is 0 Å². The summed E-state index contributed by atoms with van der Waals surface area (Å²) < 4.78 is 51.2. The van der Waals surface area contributed by atoms with Crippen LogP contribution in [0.3, 0.4) is 0 Å². The summed E-state index contributed by atoms with van der Waals surface area (Å²) in [6.07, 6.45) is -3.27. The van der Waals surface area contributed by atoms with Gasteiger partial charge in [-0.05, 0) is 36.6 Å². The molecule has 3 heterocycles. The van der Waals surface area contributed by atoms with Gasteiger partial charge in [0, 0.05) is 40.2 Å². The third-order valence-electron chi connectivity index (χ3n) is 7.19. The van der Waals surface area contributed by atoms with Gasteiger partial charge >= 0.3 is 12.1 Å². The number of ketones is 1. The third-order valence-corrected chi connectivity index (χ3v) is 7.19. The molecule has 8 nitrogen and oxygen atoms in total. The van der Waals surface area contributed by atoms with Crippen molar-refractivity contribution in [2.24, 2.45) is 5.92 Å². The summed E-state index contributed by atoms with van der Waals surface area (Å²) in [5.41, 5.74) is -2.07. The second-order valence-electron chi connectivity index (χ2n) is 8.93. The molecule has 2 fully saturated rings. The third kappa shape index (κ3) is 2.77. The number of piperidine rings is 1. The van der Waals surface area contributed by atoms with Crippen molar-refractivity contribution in [2.45, 2.75) is 18.0 Å². The van der Waals surface area contributed by atoms with Crippen LogP contribution in [0.4, 0.5) is 13.2 Å². The van der Waals surface area contributed by atoms with E-state index in [1.165, 1.54) is 18.1 Å². The van der Waals surface area contributed by atoms with Crippen LogP contribution < -0.4 is 4.74 Å². The minimum absolute atomic E-state index is 0.0270. The van der Waals surface area contributed by atoms with Gasteiger partial charge in [-0.15, -0.1) is 0 Å². The van der Waals surface area contributed by atoms with Crippen LogP contribution in [0.15, 0.2) is 36.0 Å². The number of carbonyl (C=O) groups excluding carboxylic acids is 3. The number of aromatic nitrogens is 2. The molecule has 3 aliphatic rings. The highest BCUT2D eigenvalue weighted by Gasteiger charge is 2.69. The van der Waals surface area contributed by atoms with E-state index in [-0.39, 0.29) is 29.4 Å². The van der Waals surface area contributed by atoms with Gasteiger partial charge in [-0.3, -0.25) is 9.59 Å². The second-order valence-corrected chi connectivity index (χ2v) is 8.93. The smallest absolute Gasteiger partial charge is 0.432 e. The van der Waals surface area contributed by atoms with Crippen molar-refractivity contribution >= 4 is 28.6 Å². The van der Waals surface area contributed by atoms with Crippen LogP contribution in [0.25, 0.3) is 10.9 Å². The Bertz CT molecular complexity index is 1500. The monoisotopic (exact) mass is 485 g/mol. The molecule has 3 aromatic rings.